The van der Waals surface area contributed by atoms with Crippen molar-refractivity contribution in [3.63, 3.8) is 0 Å². The number of hydrogen-bond acceptors (Lipinski definition) is 9. The third kappa shape index (κ3) is 6.18. The molecule has 1 saturated heterocycles. The van der Waals surface area contributed by atoms with E-state index in [0.717, 1.165) is 12.1 Å². The summed E-state index contributed by atoms with van der Waals surface area (Å²) in [6.07, 6.45) is 2.41. The zero-order valence-corrected chi connectivity index (χ0v) is 20.7. The molecule has 0 radical (unpaired) electrons. The molecule has 1 fully saturated rings. The first-order valence-corrected chi connectivity index (χ1v) is 12.9. The Morgan fingerprint density at radius 2 is 1.73 bits per heavy atom. The molecule has 1 aliphatic rings. The van der Waals surface area contributed by atoms with Gasteiger partial charge < -0.3 is 21.1 Å². The number of nitrogens with one attached hydrogen (secondary N) is 2. The van der Waals surface area contributed by atoms with Gasteiger partial charge in [0, 0.05) is 49.8 Å². The van der Waals surface area contributed by atoms with E-state index in [1.807, 2.05) is 0 Å². The molecule has 37 heavy (non-hydrogen) atoms. The highest BCUT2D eigenvalue weighted by Crippen LogP contribution is 2.27. The molecular weight excluding hydrogens is 506 g/mol. The van der Waals surface area contributed by atoms with Crippen molar-refractivity contribution in [1.82, 2.24) is 14.9 Å². The Balaban J connectivity index is 1.43. The van der Waals surface area contributed by atoms with Crippen molar-refractivity contribution in [2.45, 2.75) is 23.3 Å². The van der Waals surface area contributed by atoms with Crippen molar-refractivity contribution in [3.8, 4) is 0 Å². The molecule has 2 aromatic carbocycles. The first-order chi connectivity index (χ1) is 17.7. The molecule has 3 aromatic rings. The maximum Gasteiger partial charge on any atom is 0.229 e. The lowest BCUT2D eigenvalue weighted by atomic mass is 9.97. The van der Waals surface area contributed by atoms with Crippen LogP contribution in [0.4, 0.5) is 31.9 Å². The number of nitrogens with two attached hydrogens (primary N) is 1. The fourth-order valence-electron chi connectivity index (χ4n) is 4.05. The molecule has 1 aromatic heterocycles. The molecule has 2 heterocycles. The highest BCUT2D eigenvalue weighted by molar-refractivity contribution is 7.91. The van der Waals surface area contributed by atoms with Crippen LogP contribution in [0.1, 0.15) is 12.8 Å². The predicted octanol–water partition coefficient (Wildman–Crippen LogP) is 3.14. The van der Waals surface area contributed by atoms with Gasteiger partial charge in [0.2, 0.25) is 27.3 Å². The molecule has 4 rings (SSSR count). The monoisotopic (exact) mass is 532 g/mol. The van der Waals surface area contributed by atoms with E-state index in [2.05, 4.69) is 20.6 Å². The number of ether oxygens (including phenoxy) is 1. The zero-order chi connectivity index (χ0) is 26.6. The topological polar surface area (TPSA) is 140 Å². The lowest BCUT2D eigenvalue weighted by molar-refractivity contribution is -0.123. The van der Waals surface area contributed by atoms with E-state index in [-0.39, 0.29) is 22.7 Å². The van der Waals surface area contributed by atoms with E-state index in [0.29, 0.717) is 43.1 Å². The Hall–Kier alpha value is -3.68. The van der Waals surface area contributed by atoms with Gasteiger partial charge in [-0.1, -0.05) is 0 Å². The lowest BCUT2D eigenvalue weighted by Gasteiger charge is -2.35. The van der Waals surface area contributed by atoms with Crippen LogP contribution in [0.5, 0.6) is 0 Å². The van der Waals surface area contributed by atoms with Crippen molar-refractivity contribution in [1.29, 1.82) is 0 Å². The Labute approximate surface area is 212 Å². The molecule has 196 valence electrons. The summed E-state index contributed by atoms with van der Waals surface area (Å²) in [4.78, 5) is 21.6. The third-order valence-electron chi connectivity index (χ3n) is 5.98. The van der Waals surface area contributed by atoms with Gasteiger partial charge in [-0.2, -0.15) is 4.98 Å². The van der Waals surface area contributed by atoms with Crippen molar-refractivity contribution >= 4 is 38.9 Å². The minimum absolute atomic E-state index is 0.0663. The van der Waals surface area contributed by atoms with E-state index >= 15 is 0 Å². The average molecular weight is 533 g/mol. The molecular formula is C24H26F2N6O4S. The van der Waals surface area contributed by atoms with Crippen LogP contribution < -0.4 is 16.4 Å². The van der Waals surface area contributed by atoms with Crippen LogP contribution >= 0.6 is 0 Å². The van der Waals surface area contributed by atoms with E-state index in [4.69, 9.17) is 10.5 Å². The first-order valence-electron chi connectivity index (χ1n) is 11.4. The number of amides is 1. The van der Waals surface area contributed by atoms with Gasteiger partial charge in [-0.05, 0) is 55.3 Å². The number of halogens is 2. The molecule has 10 nitrogen and oxygen atoms in total. The van der Waals surface area contributed by atoms with Crippen molar-refractivity contribution in [3.05, 3.63) is 66.4 Å². The van der Waals surface area contributed by atoms with Gasteiger partial charge in [0.1, 0.15) is 5.82 Å². The number of aromatic nitrogens is 2. The number of methoxy groups -OCH3 is 1. The van der Waals surface area contributed by atoms with Crippen LogP contribution in [0.25, 0.3) is 0 Å². The largest absolute Gasteiger partial charge is 0.369 e. The number of primary amides is 1. The number of sulfone groups is 1. The van der Waals surface area contributed by atoms with Gasteiger partial charge in [-0.3, -0.25) is 9.69 Å². The SMILES string of the molecule is COC(N1CCC(C(N)=O)CC1)S(=O)(=O)c1ccc(Nc2nccc(Nc3ccc(F)c(F)c3)n2)cc1. The minimum Gasteiger partial charge on any atom is -0.369 e. The summed E-state index contributed by atoms with van der Waals surface area (Å²) in [7, 11) is -2.53. The van der Waals surface area contributed by atoms with E-state index in [1.165, 1.54) is 31.5 Å². The third-order valence-corrected chi connectivity index (χ3v) is 7.93. The summed E-state index contributed by atoms with van der Waals surface area (Å²) >= 11 is 0. The lowest BCUT2D eigenvalue weighted by Crippen LogP contribution is -2.48. The number of hydrogen-bond donors (Lipinski definition) is 3. The Morgan fingerprint density at radius 3 is 2.35 bits per heavy atom. The molecule has 0 bridgehead atoms. The minimum atomic E-state index is -3.86. The summed E-state index contributed by atoms with van der Waals surface area (Å²) in [6.45, 7) is 0.745. The quantitative estimate of drug-likeness (QED) is 0.379. The molecule has 1 unspecified atom stereocenters. The number of rotatable bonds is 9. The van der Waals surface area contributed by atoms with Crippen molar-refractivity contribution < 1.29 is 26.7 Å². The molecule has 13 heteroatoms. The summed E-state index contributed by atoms with van der Waals surface area (Å²) in [5.74, 6) is -2.05. The summed E-state index contributed by atoms with van der Waals surface area (Å²) in [5.41, 5.74) is 5.01. The van der Waals surface area contributed by atoms with Crippen molar-refractivity contribution in [2.24, 2.45) is 11.7 Å². The average Bonchev–Trinajstić information content (AvgIpc) is 2.87. The second-order valence-electron chi connectivity index (χ2n) is 8.47. The van der Waals surface area contributed by atoms with E-state index < -0.39 is 27.0 Å². The summed E-state index contributed by atoms with van der Waals surface area (Å²) < 4.78 is 58.4. The zero-order valence-electron chi connectivity index (χ0n) is 19.9. The molecule has 1 amide bonds. The number of carbonyl (C=O) groups excluding carboxylic acids is 1. The van der Waals surface area contributed by atoms with Crippen LogP contribution in [0.3, 0.4) is 0 Å². The fourth-order valence-corrected chi connectivity index (χ4v) is 5.66. The van der Waals surface area contributed by atoms with Gasteiger partial charge in [-0.15, -0.1) is 0 Å². The van der Waals surface area contributed by atoms with Gasteiger partial charge in [0.25, 0.3) is 0 Å². The smallest absolute Gasteiger partial charge is 0.229 e. The number of nitrogens with zero attached hydrogens (tertiary/aromatic N) is 3. The van der Waals surface area contributed by atoms with E-state index in [1.54, 1.807) is 23.1 Å². The molecule has 1 atom stereocenters. The highest BCUT2D eigenvalue weighted by Gasteiger charge is 2.36. The Kier molecular flexibility index (Phi) is 7.95. The first kappa shape index (κ1) is 26.4. The standard InChI is InChI=1S/C24H26F2N6O4S/c1-36-24(32-12-9-15(10-13-32)22(27)33)37(34,35)18-5-2-16(3-6-18)30-23-28-11-8-21(31-23)29-17-4-7-19(25)20(26)14-17/h2-8,11,14-15,24H,9-10,12-13H2,1H3,(H2,27,33)(H2,28,29,30,31). The van der Waals surface area contributed by atoms with Gasteiger partial charge >= 0.3 is 0 Å². The maximum atomic E-state index is 13.5. The van der Waals surface area contributed by atoms with Crippen LogP contribution in [0.2, 0.25) is 0 Å². The second-order valence-corrected chi connectivity index (χ2v) is 10.4. The van der Waals surface area contributed by atoms with Crippen LogP contribution in [-0.2, 0) is 19.4 Å². The highest BCUT2D eigenvalue weighted by atomic mass is 32.2. The number of piperidine rings is 1. The number of benzene rings is 2. The van der Waals surface area contributed by atoms with Gasteiger partial charge in [-0.25, -0.2) is 22.2 Å². The van der Waals surface area contributed by atoms with Crippen LogP contribution in [0.15, 0.2) is 59.6 Å². The Bertz CT molecular complexity index is 1370. The Morgan fingerprint density at radius 1 is 1.05 bits per heavy atom. The molecule has 0 spiro atoms. The summed E-state index contributed by atoms with van der Waals surface area (Å²) in [5, 5.41) is 5.84. The van der Waals surface area contributed by atoms with Crippen LogP contribution in [-0.4, -0.2) is 55.0 Å². The van der Waals surface area contributed by atoms with Gasteiger partial charge in [0.15, 0.2) is 11.6 Å². The molecule has 0 saturated carbocycles. The van der Waals surface area contributed by atoms with Crippen LogP contribution in [0, 0.1) is 17.6 Å². The number of carbonyl (C=O) groups is 1. The number of anilines is 4. The maximum absolute atomic E-state index is 13.5. The molecule has 1 aliphatic heterocycles. The normalized spacial score (nSPS) is 15.8. The molecule has 0 aliphatic carbocycles. The summed E-state index contributed by atoms with van der Waals surface area (Å²) in [6, 6.07) is 11.0. The predicted molar refractivity (Wildman–Crippen MR) is 133 cm³/mol. The van der Waals surface area contributed by atoms with E-state index in [9.17, 15) is 22.0 Å². The number of likely N-dealkylation sites (tertiary alicyclic amines) is 1. The molecule has 4 N–H and O–H groups in total. The van der Waals surface area contributed by atoms with Crippen molar-refractivity contribution in [2.75, 3.05) is 30.8 Å². The second kappa shape index (κ2) is 11.2. The fraction of sp³-hybridized carbons (Fsp3) is 0.292. The van der Waals surface area contributed by atoms with Gasteiger partial charge in [0.05, 0.1) is 4.90 Å².